The van der Waals surface area contributed by atoms with Crippen molar-refractivity contribution >= 4 is 16.9 Å². The van der Waals surface area contributed by atoms with Crippen LogP contribution in [0.15, 0.2) is 4.99 Å². The Balaban J connectivity index is 3.60. The highest BCUT2D eigenvalue weighted by Crippen LogP contribution is 1.99. The molecule has 0 amide bonds. The zero-order valence-electron chi connectivity index (χ0n) is 6.98. The largest absolute Gasteiger partial charge is 0.365 e. The van der Waals surface area contributed by atoms with Gasteiger partial charge >= 0.3 is 0 Å². The third-order valence-electron chi connectivity index (χ3n) is 0.911. The lowest BCUT2D eigenvalue weighted by molar-refractivity contribution is 0.965. The van der Waals surface area contributed by atoms with Crippen molar-refractivity contribution in [3.8, 4) is 0 Å². The number of amidine groups is 1. The summed E-state index contributed by atoms with van der Waals surface area (Å²) in [6, 6.07) is 0. The quantitative estimate of drug-likeness (QED) is 0.502. The van der Waals surface area contributed by atoms with Crippen LogP contribution in [0.5, 0.6) is 0 Å². The second kappa shape index (κ2) is 6.93. The Kier molecular flexibility index (Phi) is 6.81. The minimum atomic E-state index is 0.870. The standard InChI is InChI=1S/C7H16N2S/c1-4-8-7(9-5-2)10-6-3/h4-6H2,1-3H3,(H,8,9). The Labute approximate surface area is 67.5 Å². The molecule has 1 N–H and O–H groups in total. The maximum absolute atomic E-state index is 4.27. The Morgan fingerprint density at radius 1 is 1.40 bits per heavy atom. The van der Waals surface area contributed by atoms with E-state index in [9.17, 15) is 0 Å². The second-order valence-electron chi connectivity index (χ2n) is 1.74. The van der Waals surface area contributed by atoms with Crippen LogP contribution in [0.25, 0.3) is 0 Å². The fourth-order valence-electron chi connectivity index (χ4n) is 0.584. The van der Waals surface area contributed by atoms with E-state index in [4.69, 9.17) is 0 Å². The van der Waals surface area contributed by atoms with Crippen LogP contribution >= 0.6 is 11.8 Å². The predicted octanol–water partition coefficient (Wildman–Crippen LogP) is 1.72. The SMILES string of the molecule is CCN=C(NCC)SCC. The lowest BCUT2D eigenvalue weighted by Crippen LogP contribution is -2.20. The highest BCUT2D eigenvalue weighted by Gasteiger charge is 1.92. The minimum absolute atomic E-state index is 0.870. The van der Waals surface area contributed by atoms with Crippen LogP contribution in [0.3, 0.4) is 0 Å². The maximum Gasteiger partial charge on any atom is 0.156 e. The van der Waals surface area contributed by atoms with Crippen LogP contribution in [0, 0.1) is 0 Å². The van der Waals surface area contributed by atoms with Crippen molar-refractivity contribution in [1.82, 2.24) is 5.32 Å². The summed E-state index contributed by atoms with van der Waals surface area (Å²) in [5.41, 5.74) is 0. The molecule has 0 saturated heterocycles. The van der Waals surface area contributed by atoms with Crippen LogP contribution in [0.2, 0.25) is 0 Å². The van der Waals surface area contributed by atoms with Crippen molar-refractivity contribution in [2.24, 2.45) is 4.99 Å². The summed E-state index contributed by atoms with van der Waals surface area (Å²) >= 11 is 1.76. The minimum Gasteiger partial charge on any atom is -0.365 e. The van der Waals surface area contributed by atoms with Gasteiger partial charge in [0.2, 0.25) is 0 Å². The molecule has 60 valence electrons. The first kappa shape index (κ1) is 9.82. The molecule has 0 rings (SSSR count). The first-order valence-electron chi connectivity index (χ1n) is 3.76. The van der Waals surface area contributed by atoms with Crippen molar-refractivity contribution < 1.29 is 0 Å². The molecule has 0 saturated carbocycles. The van der Waals surface area contributed by atoms with Crippen molar-refractivity contribution in [1.29, 1.82) is 0 Å². The second-order valence-corrected chi connectivity index (χ2v) is 3.00. The lowest BCUT2D eigenvalue weighted by Gasteiger charge is -2.03. The van der Waals surface area contributed by atoms with Crippen LogP contribution in [-0.4, -0.2) is 24.0 Å². The number of hydrogen-bond donors (Lipinski definition) is 1. The average Bonchev–Trinajstić information content (AvgIpc) is 1.90. The molecule has 0 heterocycles. The molecule has 0 aromatic rings. The van der Waals surface area contributed by atoms with Gasteiger partial charge in [-0.3, -0.25) is 4.99 Å². The molecule has 0 spiro atoms. The molecule has 0 aromatic heterocycles. The van der Waals surface area contributed by atoms with Gasteiger partial charge in [-0.25, -0.2) is 0 Å². The first-order chi connectivity index (χ1) is 4.85. The van der Waals surface area contributed by atoms with Crippen molar-refractivity contribution in [2.45, 2.75) is 20.8 Å². The third-order valence-corrected chi connectivity index (χ3v) is 1.75. The molecular formula is C7H16N2S. The number of nitrogens with zero attached hydrogens (tertiary/aromatic N) is 1. The maximum atomic E-state index is 4.27. The van der Waals surface area contributed by atoms with Crippen LogP contribution < -0.4 is 5.32 Å². The van der Waals surface area contributed by atoms with Crippen LogP contribution in [-0.2, 0) is 0 Å². The molecule has 0 aliphatic rings. The molecular weight excluding hydrogens is 144 g/mol. The van der Waals surface area contributed by atoms with E-state index in [0.717, 1.165) is 24.0 Å². The van der Waals surface area contributed by atoms with Gasteiger partial charge in [0.1, 0.15) is 0 Å². The summed E-state index contributed by atoms with van der Waals surface area (Å²) in [6.45, 7) is 8.10. The molecule has 0 radical (unpaired) electrons. The van der Waals surface area contributed by atoms with Gasteiger partial charge in [-0.2, -0.15) is 0 Å². The van der Waals surface area contributed by atoms with Crippen molar-refractivity contribution in [3.63, 3.8) is 0 Å². The Morgan fingerprint density at radius 2 is 2.10 bits per heavy atom. The normalized spacial score (nSPS) is 11.7. The zero-order valence-corrected chi connectivity index (χ0v) is 7.79. The summed E-state index contributed by atoms with van der Waals surface area (Å²) in [6.07, 6.45) is 0. The monoisotopic (exact) mass is 160 g/mol. The van der Waals surface area contributed by atoms with E-state index in [1.807, 2.05) is 6.92 Å². The van der Waals surface area contributed by atoms with Gasteiger partial charge in [0.05, 0.1) is 0 Å². The number of nitrogens with one attached hydrogen (secondary N) is 1. The summed E-state index contributed by atoms with van der Waals surface area (Å²) in [5.74, 6) is 1.09. The van der Waals surface area contributed by atoms with Crippen LogP contribution in [0.4, 0.5) is 0 Å². The molecule has 3 heteroatoms. The lowest BCUT2D eigenvalue weighted by atomic mass is 10.7. The Bertz CT molecular complexity index is 93.8. The molecule has 2 nitrogen and oxygen atoms in total. The smallest absolute Gasteiger partial charge is 0.156 e. The zero-order chi connectivity index (χ0) is 7.82. The van der Waals surface area contributed by atoms with E-state index in [-0.39, 0.29) is 0 Å². The average molecular weight is 160 g/mol. The van der Waals surface area contributed by atoms with E-state index < -0.39 is 0 Å². The van der Waals surface area contributed by atoms with Gasteiger partial charge in [-0.1, -0.05) is 18.7 Å². The van der Waals surface area contributed by atoms with Gasteiger partial charge in [-0.15, -0.1) is 0 Å². The van der Waals surface area contributed by atoms with E-state index in [1.165, 1.54) is 0 Å². The highest BCUT2D eigenvalue weighted by molar-refractivity contribution is 8.13. The number of thioether (sulfide) groups is 1. The van der Waals surface area contributed by atoms with E-state index in [1.54, 1.807) is 11.8 Å². The van der Waals surface area contributed by atoms with Crippen LogP contribution in [0.1, 0.15) is 20.8 Å². The fraction of sp³-hybridized carbons (Fsp3) is 0.857. The number of aliphatic imine (C=N–C) groups is 1. The Morgan fingerprint density at radius 3 is 2.50 bits per heavy atom. The summed E-state index contributed by atoms with van der Waals surface area (Å²) < 4.78 is 0. The molecule has 0 aromatic carbocycles. The molecule has 0 unspecified atom stereocenters. The molecule has 0 atom stereocenters. The molecule has 0 bridgehead atoms. The topological polar surface area (TPSA) is 24.4 Å². The molecule has 0 fully saturated rings. The van der Waals surface area contributed by atoms with Gasteiger partial charge < -0.3 is 5.32 Å². The molecule has 10 heavy (non-hydrogen) atoms. The Hall–Kier alpha value is -0.180. The van der Waals surface area contributed by atoms with Gasteiger partial charge in [0.25, 0.3) is 0 Å². The summed E-state index contributed by atoms with van der Waals surface area (Å²) in [5, 5.41) is 4.27. The van der Waals surface area contributed by atoms with Gasteiger partial charge in [0, 0.05) is 13.1 Å². The van der Waals surface area contributed by atoms with Gasteiger partial charge in [-0.05, 0) is 19.6 Å². The third kappa shape index (κ3) is 4.68. The molecule has 0 aliphatic carbocycles. The predicted molar refractivity (Wildman–Crippen MR) is 49.8 cm³/mol. The van der Waals surface area contributed by atoms with E-state index >= 15 is 0 Å². The first-order valence-corrected chi connectivity index (χ1v) is 4.74. The van der Waals surface area contributed by atoms with Gasteiger partial charge in [0.15, 0.2) is 5.17 Å². The summed E-state index contributed by atoms with van der Waals surface area (Å²) in [7, 11) is 0. The molecule has 0 aliphatic heterocycles. The number of rotatable bonds is 3. The fourth-order valence-corrected chi connectivity index (χ4v) is 1.32. The highest BCUT2D eigenvalue weighted by atomic mass is 32.2. The number of hydrogen-bond acceptors (Lipinski definition) is 2. The summed E-state index contributed by atoms with van der Waals surface area (Å²) in [4.78, 5) is 4.27. The van der Waals surface area contributed by atoms with E-state index in [2.05, 4.69) is 24.2 Å². The van der Waals surface area contributed by atoms with E-state index in [0.29, 0.717) is 0 Å². The van der Waals surface area contributed by atoms with Crippen molar-refractivity contribution in [2.75, 3.05) is 18.8 Å². The van der Waals surface area contributed by atoms with Crippen molar-refractivity contribution in [3.05, 3.63) is 0 Å².